The van der Waals surface area contributed by atoms with Gasteiger partial charge in [0.25, 0.3) is 0 Å². The second kappa shape index (κ2) is 7.44. The van der Waals surface area contributed by atoms with Gasteiger partial charge in [-0.2, -0.15) is 0 Å². The summed E-state index contributed by atoms with van der Waals surface area (Å²) in [5.41, 5.74) is 0.966. The first-order valence-corrected chi connectivity index (χ1v) is 7.23. The third kappa shape index (κ3) is 4.47. The van der Waals surface area contributed by atoms with Crippen molar-refractivity contribution in [3.05, 3.63) is 24.3 Å². The fraction of sp³-hybridized carbons (Fsp3) is 0.400. The molecule has 0 atom stereocenters. The molecule has 0 bridgehead atoms. The molecule has 0 unspecified atom stereocenters. The minimum Gasteiger partial charge on any atom is -0.481 e. The van der Waals surface area contributed by atoms with Gasteiger partial charge in [-0.1, -0.05) is 12.1 Å². The highest BCUT2D eigenvalue weighted by atomic mass is 16.4. The molecule has 0 aliphatic carbocycles. The van der Waals surface area contributed by atoms with Crippen LogP contribution in [0.1, 0.15) is 25.7 Å². The van der Waals surface area contributed by atoms with Gasteiger partial charge in [0.1, 0.15) is 0 Å². The fourth-order valence-electron chi connectivity index (χ4n) is 2.25. The zero-order chi connectivity index (χ0) is 15.9. The van der Waals surface area contributed by atoms with Crippen LogP contribution in [0, 0.1) is 0 Å². The molecule has 0 aromatic heterocycles. The third-order valence-electron chi connectivity index (χ3n) is 3.40. The average molecular weight is 305 g/mol. The van der Waals surface area contributed by atoms with Gasteiger partial charge < -0.3 is 20.6 Å². The van der Waals surface area contributed by atoms with Crippen molar-refractivity contribution >= 4 is 29.3 Å². The quantitative estimate of drug-likeness (QED) is 0.776. The Morgan fingerprint density at radius 2 is 1.59 bits per heavy atom. The van der Waals surface area contributed by atoms with Gasteiger partial charge in [0.15, 0.2) is 0 Å². The monoisotopic (exact) mass is 305 g/mol. The average Bonchev–Trinajstić information content (AvgIpc) is 3.01. The Morgan fingerprint density at radius 1 is 1.00 bits per heavy atom. The van der Waals surface area contributed by atoms with Crippen LogP contribution in [0.2, 0.25) is 0 Å². The van der Waals surface area contributed by atoms with Crippen molar-refractivity contribution in [3.8, 4) is 0 Å². The Bertz CT molecular complexity index is 568. The molecule has 1 aliphatic heterocycles. The summed E-state index contributed by atoms with van der Waals surface area (Å²) < 4.78 is 0. The number of anilines is 2. The summed E-state index contributed by atoms with van der Waals surface area (Å²) in [5.74, 6) is -1.42. The van der Waals surface area contributed by atoms with Gasteiger partial charge in [-0.05, 0) is 25.0 Å². The maximum absolute atomic E-state index is 12.1. The molecule has 1 aromatic carbocycles. The first-order chi connectivity index (χ1) is 10.6. The molecule has 0 radical (unpaired) electrons. The van der Waals surface area contributed by atoms with E-state index < -0.39 is 11.9 Å². The van der Waals surface area contributed by atoms with Crippen molar-refractivity contribution in [2.45, 2.75) is 25.7 Å². The smallest absolute Gasteiger partial charge is 0.321 e. The lowest BCUT2D eigenvalue weighted by molar-refractivity contribution is -0.138. The maximum atomic E-state index is 12.1. The molecule has 1 aromatic rings. The predicted octanol–water partition coefficient (Wildman–Crippen LogP) is 2.12. The normalized spacial score (nSPS) is 13.7. The Labute approximate surface area is 128 Å². The minimum atomic E-state index is -1.02. The summed E-state index contributed by atoms with van der Waals surface area (Å²) >= 11 is 0. The Balaban J connectivity index is 1.98. The van der Waals surface area contributed by atoms with Crippen LogP contribution in [0.4, 0.5) is 16.2 Å². The SMILES string of the molecule is O=C(O)CCC(=O)Nc1ccccc1NC(=O)N1CCCC1. The van der Waals surface area contributed by atoms with E-state index >= 15 is 0 Å². The molecule has 0 saturated carbocycles. The van der Waals surface area contributed by atoms with Crippen molar-refractivity contribution < 1.29 is 19.5 Å². The zero-order valence-corrected chi connectivity index (χ0v) is 12.2. The topological polar surface area (TPSA) is 98.7 Å². The molecule has 7 nitrogen and oxygen atoms in total. The van der Waals surface area contributed by atoms with E-state index in [2.05, 4.69) is 10.6 Å². The number of amides is 3. The van der Waals surface area contributed by atoms with E-state index in [0.29, 0.717) is 11.4 Å². The number of likely N-dealkylation sites (tertiary alicyclic amines) is 1. The number of carboxylic acids is 1. The number of hydrogen-bond donors (Lipinski definition) is 3. The van der Waals surface area contributed by atoms with Crippen LogP contribution < -0.4 is 10.6 Å². The molecule has 1 saturated heterocycles. The second-order valence-corrected chi connectivity index (χ2v) is 5.11. The minimum absolute atomic E-state index is 0.107. The van der Waals surface area contributed by atoms with Gasteiger partial charge in [-0.25, -0.2) is 4.79 Å². The molecule has 1 fully saturated rings. The van der Waals surface area contributed by atoms with E-state index in [-0.39, 0.29) is 18.9 Å². The van der Waals surface area contributed by atoms with Crippen molar-refractivity contribution in [2.24, 2.45) is 0 Å². The van der Waals surface area contributed by atoms with Crippen LogP contribution in [-0.4, -0.2) is 41.0 Å². The Hall–Kier alpha value is -2.57. The van der Waals surface area contributed by atoms with E-state index in [4.69, 9.17) is 5.11 Å². The third-order valence-corrected chi connectivity index (χ3v) is 3.40. The number of nitrogens with one attached hydrogen (secondary N) is 2. The number of nitrogens with zero attached hydrogens (tertiary/aromatic N) is 1. The molecule has 1 heterocycles. The lowest BCUT2D eigenvalue weighted by Crippen LogP contribution is -2.32. The van der Waals surface area contributed by atoms with Crippen molar-refractivity contribution in [2.75, 3.05) is 23.7 Å². The summed E-state index contributed by atoms with van der Waals surface area (Å²) in [6.07, 6.45) is 1.67. The summed E-state index contributed by atoms with van der Waals surface area (Å²) in [5, 5.41) is 14.0. The van der Waals surface area contributed by atoms with Crippen LogP contribution in [-0.2, 0) is 9.59 Å². The number of aliphatic carboxylic acids is 1. The molecule has 3 N–H and O–H groups in total. The fourth-order valence-corrected chi connectivity index (χ4v) is 2.25. The van der Waals surface area contributed by atoms with Crippen LogP contribution in [0.15, 0.2) is 24.3 Å². The number of carbonyl (C=O) groups is 3. The standard InChI is InChI=1S/C15H19N3O4/c19-13(7-8-14(20)21)16-11-5-1-2-6-12(11)17-15(22)18-9-3-4-10-18/h1-2,5-6H,3-4,7-10H2,(H,16,19)(H,17,22)(H,20,21). The highest BCUT2D eigenvalue weighted by Crippen LogP contribution is 2.22. The first-order valence-electron chi connectivity index (χ1n) is 7.23. The predicted molar refractivity (Wildman–Crippen MR) is 81.8 cm³/mol. The summed E-state index contributed by atoms with van der Waals surface area (Å²) in [6, 6.07) is 6.66. The lowest BCUT2D eigenvalue weighted by atomic mass is 10.2. The largest absolute Gasteiger partial charge is 0.481 e. The maximum Gasteiger partial charge on any atom is 0.321 e. The molecular weight excluding hydrogens is 286 g/mol. The number of carbonyl (C=O) groups excluding carboxylic acids is 2. The van der Waals surface area contributed by atoms with E-state index in [1.165, 1.54) is 0 Å². The molecule has 118 valence electrons. The van der Waals surface area contributed by atoms with E-state index in [1.54, 1.807) is 29.2 Å². The highest BCUT2D eigenvalue weighted by molar-refractivity contribution is 5.99. The Kier molecular flexibility index (Phi) is 5.35. The van der Waals surface area contributed by atoms with Gasteiger partial charge in [-0.3, -0.25) is 9.59 Å². The molecule has 22 heavy (non-hydrogen) atoms. The van der Waals surface area contributed by atoms with Gasteiger partial charge in [0.05, 0.1) is 17.8 Å². The van der Waals surface area contributed by atoms with E-state index in [0.717, 1.165) is 25.9 Å². The number of carboxylic acid groups (broad SMARTS) is 1. The van der Waals surface area contributed by atoms with Crippen LogP contribution in [0.3, 0.4) is 0 Å². The Morgan fingerprint density at radius 3 is 2.18 bits per heavy atom. The van der Waals surface area contributed by atoms with Crippen LogP contribution in [0.25, 0.3) is 0 Å². The number of hydrogen-bond acceptors (Lipinski definition) is 3. The zero-order valence-electron chi connectivity index (χ0n) is 12.2. The number of rotatable bonds is 5. The van der Waals surface area contributed by atoms with Gasteiger partial charge in [0, 0.05) is 19.5 Å². The molecule has 2 rings (SSSR count). The number of benzene rings is 1. The van der Waals surface area contributed by atoms with E-state index in [9.17, 15) is 14.4 Å². The first kappa shape index (κ1) is 15.8. The van der Waals surface area contributed by atoms with Gasteiger partial charge >= 0.3 is 12.0 Å². The molecule has 1 aliphatic rings. The molecular formula is C15H19N3O4. The summed E-state index contributed by atoms with van der Waals surface area (Å²) in [7, 11) is 0. The molecule has 3 amide bonds. The highest BCUT2D eigenvalue weighted by Gasteiger charge is 2.19. The van der Waals surface area contributed by atoms with Crippen LogP contribution >= 0.6 is 0 Å². The number of para-hydroxylation sites is 2. The second-order valence-electron chi connectivity index (χ2n) is 5.11. The van der Waals surface area contributed by atoms with Crippen molar-refractivity contribution in [1.29, 1.82) is 0 Å². The molecule has 0 spiro atoms. The van der Waals surface area contributed by atoms with Crippen molar-refractivity contribution in [3.63, 3.8) is 0 Å². The van der Waals surface area contributed by atoms with Crippen molar-refractivity contribution in [1.82, 2.24) is 4.90 Å². The molecule has 7 heteroatoms. The number of urea groups is 1. The lowest BCUT2D eigenvalue weighted by Gasteiger charge is -2.18. The van der Waals surface area contributed by atoms with Crippen LogP contribution in [0.5, 0.6) is 0 Å². The van der Waals surface area contributed by atoms with Gasteiger partial charge in [-0.15, -0.1) is 0 Å². The summed E-state index contributed by atoms with van der Waals surface area (Å²) in [6.45, 7) is 1.47. The summed E-state index contributed by atoms with van der Waals surface area (Å²) in [4.78, 5) is 36.0. The van der Waals surface area contributed by atoms with E-state index in [1.807, 2.05) is 0 Å². The van der Waals surface area contributed by atoms with Gasteiger partial charge in [0.2, 0.25) is 5.91 Å².